The van der Waals surface area contributed by atoms with Crippen LogP contribution in [0.1, 0.15) is 11.1 Å². The van der Waals surface area contributed by atoms with E-state index in [2.05, 4.69) is 30.3 Å². The van der Waals surface area contributed by atoms with Crippen LogP contribution in [0.25, 0.3) is 33.9 Å². The number of aliphatic imine (C=N–C) groups is 1. The van der Waals surface area contributed by atoms with Crippen LogP contribution in [-0.4, -0.2) is 35.3 Å². The summed E-state index contributed by atoms with van der Waals surface area (Å²) in [6.07, 6.45) is 0. The van der Waals surface area contributed by atoms with E-state index in [4.69, 9.17) is 24.6 Å². The number of nitrogens with zero attached hydrogens (tertiary/aromatic N) is 4. The molecule has 0 spiro atoms. The van der Waals surface area contributed by atoms with Crippen molar-refractivity contribution >= 4 is 17.1 Å². The van der Waals surface area contributed by atoms with Gasteiger partial charge in [-0.15, -0.1) is 0 Å². The third kappa shape index (κ3) is 4.89. The Morgan fingerprint density at radius 1 is 0.512 bits per heavy atom. The predicted octanol–water partition coefficient (Wildman–Crippen LogP) is 8.29. The molecule has 0 N–H and O–H groups in total. The van der Waals surface area contributed by atoms with Crippen molar-refractivity contribution in [1.29, 1.82) is 0 Å². The summed E-state index contributed by atoms with van der Waals surface area (Å²) in [5.74, 6) is 2.26. The molecule has 208 valence electrons. The molecule has 2 heterocycles. The van der Waals surface area contributed by atoms with Gasteiger partial charge in [0, 0.05) is 27.8 Å². The molecular weight excluding hydrogens is 532 g/mol. The number of rotatable bonds is 6. The second kappa shape index (κ2) is 11.3. The largest absolute Gasteiger partial charge is 0.497 e. The minimum atomic E-state index is 0.706. The van der Waals surface area contributed by atoms with Crippen molar-refractivity contribution in [2.75, 3.05) is 14.2 Å². The third-order valence-corrected chi connectivity index (χ3v) is 7.48. The van der Waals surface area contributed by atoms with E-state index in [9.17, 15) is 0 Å². The number of ether oxygens (including phenoxy) is 2. The van der Waals surface area contributed by atoms with E-state index in [1.807, 2.05) is 108 Å². The summed E-state index contributed by atoms with van der Waals surface area (Å²) in [5, 5.41) is 5.41. The fraction of sp³-hybridized carbons (Fsp3) is 0.0541. The molecular formula is C37H28N4O2. The van der Waals surface area contributed by atoms with E-state index in [0.717, 1.165) is 67.9 Å². The van der Waals surface area contributed by atoms with Crippen molar-refractivity contribution in [2.24, 2.45) is 10.1 Å². The first-order valence-corrected chi connectivity index (χ1v) is 14.0. The molecule has 6 aromatic rings. The number of para-hydroxylation sites is 1. The van der Waals surface area contributed by atoms with Crippen molar-refractivity contribution < 1.29 is 9.47 Å². The normalized spacial score (nSPS) is 14.7. The van der Waals surface area contributed by atoms with Gasteiger partial charge in [-0.05, 0) is 60.7 Å². The van der Waals surface area contributed by atoms with E-state index < -0.39 is 0 Å². The minimum Gasteiger partial charge on any atom is -0.497 e. The van der Waals surface area contributed by atoms with Crippen molar-refractivity contribution in [3.63, 3.8) is 0 Å². The number of methoxy groups -OCH3 is 2. The highest BCUT2D eigenvalue weighted by molar-refractivity contribution is 6.54. The molecule has 0 bridgehead atoms. The molecule has 6 heteroatoms. The lowest BCUT2D eigenvalue weighted by molar-refractivity contribution is 0.414. The fourth-order valence-electron chi connectivity index (χ4n) is 5.31. The molecule has 0 saturated heterocycles. The average molecular weight is 561 g/mol. The number of imidazole rings is 1. The molecule has 0 amide bonds. The SMILES string of the molecule is COc1ccc(C2=N/c3ccccc3-c3nc(-c4ccccc4)c(-c4ccccc4)n3/N=C\2c2ccc(OC)cc2)cc1. The Bertz CT molecular complexity index is 1960. The topological polar surface area (TPSA) is 61.0 Å². The number of benzene rings is 5. The average Bonchev–Trinajstić information content (AvgIpc) is 3.45. The molecule has 1 aliphatic rings. The summed E-state index contributed by atoms with van der Waals surface area (Å²) in [7, 11) is 3.33. The maximum absolute atomic E-state index is 5.47. The summed E-state index contributed by atoms with van der Waals surface area (Å²) in [4.78, 5) is 10.5. The molecule has 0 unspecified atom stereocenters. The number of aromatic nitrogens is 2. The predicted molar refractivity (Wildman–Crippen MR) is 173 cm³/mol. The van der Waals surface area contributed by atoms with Gasteiger partial charge < -0.3 is 9.47 Å². The van der Waals surface area contributed by atoms with Crippen molar-refractivity contribution in [2.45, 2.75) is 0 Å². The smallest absolute Gasteiger partial charge is 0.164 e. The zero-order valence-electron chi connectivity index (χ0n) is 23.8. The third-order valence-electron chi connectivity index (χ3n) is 7.48. The maximum atomic E-state index is 5.47. The second-order valence-corrected chi connectivity index (χ2v) is 10.1. The Kier molecular flexibility index (Phi) is 6.85. The number of hydrogen-bond donors (Lipinski definition) is 0. The van der Waals surface area contributed by atoms with Crippen LogP contribution >= 0.6 is 0 Å². The lowest BCUT2D eigenvalue weighted by atomic mass is 9.98. The lowest BCUT2D eigenvalue weighted by Crippen LogP contribution is -2.20. The standard InChI is InChI=1S/C37H28N4O2/c1-42-29-21-17-26(18-22-29)33-34(27-19-23-30(43-2)24-20-27)40-41-36(28-13-7-4-8-14-28)35(25-11-5-3-6-12-25)39-37(41)31-15-9-10-16-32(31)38-33/h3-24H,1-2H3/b38-33-,40-34-. The number of hydrogen-bond acceptors (Lipinski definition) is 5. The highest BCUT2D eigenvalue weighted by Gasteiger charge is 2.27. The Labute approximate surface area is 250 Å². The molecule has 6 nitrogen and oxygen atoms in total. The van der Waals surface area contributed by atoms with Crippen LogP contribution in [0.15, 0.2) is 144 Å². The Balaban J connectivity index is 1.59. The molecule has 1 aliphatic heterocycles. The monoisotopic (exact) mass is 560 g/mol. The van der Waals surface area contributed by atoms with E-state index in [1.165, 1.54) is 0 Å². The van der Waals surface area contributed by atoms with Crippen LogP contribution < -0.4 is 9.47 Å². The summed E-state index contributed by atoms with van der Waals surface area (Å²) in [6, 6.07) is 44.5. The van der Waals surface area contributed by atoms with E-state index >= 15 is 0 Å². The summed E-state index contributed by atoms with van der Waals surface area (Å²) >= 11 is 0. The Hall–Kier alpha value is -5.75. The van der Waals surface area contributed by atoms with Crippen molar-refractivity contribution in [3.8, 4) is 45.4 Å². The molecule has 0 aliphatic carbocycles. The molecule has 1 aromatic heterocycles. The zero-order valence-corrected chi connectivity index (χ0v) is 23.8. The van der Waals surface area contributed by atoms with Gasteiger partial charge in [0.05, 0.1) is 31.3 Å². The van der Waals surface area contributed by atoms with Crippen LogP contribution in [-0.2, 0) is 0 Å². The summed E-state index contributed by atoms with van der Waals surface area (Å²) in [5.41, 5.74) is 8.73. The first kappa shape index (κ1) is 26.2. The van der Waals surface area contributed by atoms with Crippen LogP contribution in [0, 0.1) is 0 Å². The first-order valence-electron chi connectivity index (χ1n) is 14.0. The summed E-state index contributed by atoms with van der Waals surface area (Å²) in [6.45, 7) is 0. The van der Waals surface area contributed by atoms with Gasteiger partial charge >= 0.3 is 0 Å². The van der Waals surface area contributed by atoms with Crippen molar-refractivity contribution in [1.82, 2.24) is 9.66 Å². The number of fused-ring (bicyclic) bond motifs is 3. The van der Waals surface area contributed by atoms with Gasteiger partial charge in [0.1, 0.15) is 22.9 Å². The molecule has 0 radical (unpaired) electrons. The van der Waals surface area contributed by atoms with Gasteiger partial charge in [0.15, 0.2) is 5.82 Å². The highest BCUT2D eigenvalue weighted by Crippen LogP contribution is 2.40. The Morgan fingerprint density at radius 3 is 1.65 bits per heavy atom. The van der Waals surface area contributed by atoms with E-state index in [0.29, 0.717) is 5.71 Å². The van der Waals surface area contributed by atoms with Gasteiger partial charge in [-0.2, -0.15) is 5.10 Å². The molecule has 0 atom stereocenters. The van der Waals surface area contributed by atoms with Crippen LogP contribution in [0.3, 0.4) is 0 Å². The van der Waals surface area contributed by atoms with E-state index in [1.54, 1.807) is 14.2 Å². The van der Waals surface area contributed by atoms with Gasteiger partial charge in [0.25, 0.3) is 0 Å². The quantitative estimate of drug-likeness (QED) is 0.206. The fourth-order valence-corrected chi connectivity index (χ4v) is 5.31. The molecule has 0 fully saturated rings. The van der Waals surface area contributed by atoms with Gasteiger partial charge in [-0.1, -0.05) is 72.8 Å². The van der Waals surface area contributed by atoms with Crippen molar-refractivity contribution in [3.05, 3.63) is 145 Å². The van der Waals surface area contributed by atoms with Crippen LogP contribution in [0.5, 0.6) is 11.5 Å². The Morgan fingerprint density at radius 2 is 1.05 bits per heavy atom. The van der Waals surface area contributed by atoms with Gasteiger partial charge in [0.2, 0.25) is 0 Å². The highest BCUT2D eigenvalue weighted by atomic mass is 16.5. The molecule has 5 aromatic carbocycles. The van der Waals surface area contributed by atoms with Crippen LogP contribution in [0.2, 0.25) is 0 Å². The van der Waals surface area contributed by atoms with Gasteiger partial charge in [-0.3, -0.25) is 0 Å². The van der Waals surface area contributed by atoms with Crippen LogP contribution in [0.4, 0.5) is 5.69 Å². The molecule has 7 rings (SSSR count). The zero-order chi connectivity index (χ0) is 29.2. The van der Waals surface area contributed by atoms with E-state index in [-0.39, 0.29) is 0 Å². The molecule has 43 heavy (non-hydrogen) atoms. The second-order valence-electron chi connectivity index (χ2n) is 10.1. The van der Waals surface area contributed by atoms with Gasteiger partial charge in [-0.25, -0.2) is 14.7 Å². The lowest BCUT2D eigenvalue weighted by Gasteiger charge is -2.18. The minimum absolute atomic E-state index is 0.706. The maximum Gasteiger partial charge on any atom is 0.164 e. The molecule has 0 saturated carbocycles. The first-order chi connectivity index (χ1) is 21.2. The summed E-state index contributed by atoms with van der Waals surface area (Å²) < 4.78 is 12.9.